The van der Waals surface area contributed by atoms with Crippen molar-refractivity contribution in [3.63, 3.8) is 0 Å². The van der Waals surface area contributed by atoms with Gasteiger partial charge in [0.1, 0.15) is 17.6 Å². The summed E-state index contributed by atoms with van der Waals surface area (Å²) in [5.74, 6) is -2.28. The summed E-state index contributed by atoms with van der Waals surface area (Å²) in [6, 6.07) is 0. The molecule has 5 atom stereocenters. The summed E-state index contributed by atoms with van der Waals surface area (Å²) >= 11 is 0. The number of amides is 1. The van der Waals surface area contributed by atoms with Gasteiger partial charge in [0.25, 0.3) is 5.91 Å². The summed E-state index contributed by atoms with van der Waals surface area (Å²) in [5.41, 5.74) is -3.96. The average molecular weight is 297 g/mol. The van der Waals surface area contributed by atoms with Crippen molar-refractivity contribution in [2.45, 2.75) is 31.8 Å². The van der Waals surface area contributed by atoms with Crippen LogP contribution in [0.4, 0.5) is 0 Å². The largest absolute Gasteiger partial charge is 0.387 e. The molecule has 1 aliphatic heterocycles. The molecule has 0 saturated carbocycles. The van der Waals surface area contributed by atoms with Crippen molar-refractivity contribution in [1.82, 2.24) is 5.06 Å². The number of hydrogen-bond acceptors (Lipinski definition) is 6. The fraction of sp³-hybridized carbons (Fsp3) is 0.571. The lowest BCUT2D eigenvalue weighted by molar-refractivity contribution is -0.263. The van der Waals surface area contributed by atoms with Crippen molar-refractivity contribution in [2.24, 2.45) is 11.3 Å². The zero-order chi connectivity index (χ0) is 16.0. The molecule has 1 spiro atoms. The van der Waals surface area contributed by atoms with E-state index in [0.717, 1.165) is 7.11 Å². The Bertz CT molecular complexity index is 526. The van der Waals surface area contributed by atoms with Crippen molar-refractivity contribution in [1.29, 1.82) is 0 Å². The van der Waals surface area contributed by atoms with Crippen LogP contribution in [0.15, 0.2) is 24.3 Å². The van der Waals surface area contributed by atoms with Gasteiger partial charge in [0.15, 0.2) is 11.5 Å². The van der Waals surface area contributed by atoms with E-state index in [1.54, 1.807) is 19.1 Å². The SMILES string of the molecule is C/C=C/[C@@H]1C=CC(=O)[C@H](O)[C@]12C(=O)N(OC)C(C)(O)[C@@H]2O. The number of rotatable bonds is 2. The zero-order valence-corrected chi connectivity index (χ0v) is 12.1. The molecule has 3 N–H and O–H groups in total. The first-order chi connectivity index (χ1) is 9.76. The van der Waals surface area contributed by atoms with Crippen molar-refractivity contribution in [3.05, 3.63) is 24.3 Å². The van der Waals surface area contributed by atoms with Crippen LogP contribution in [-0.4, -0.2) is 57.1 Å². The molecule has 0 aromatic rings. The number of carbonyl (C=O) groups excluding carboxylic acids is 2. The molecule has 0 aromatic heterocycles. The first-order valence-corrected chi connectivity index (χ1v) is 6.58. The van der Waals surface area contributed by atoms with Gasteiger partial charge in [-0.2, -0.15) is 5.06 Å². The molecule has 7 heteroatoms. The van der Waals surface area contributed by atoms with Gasteiger partial charge >= 0.3 is 0 Å². The summed E-state index contributed by atoms with van der Waals surface area (Å²) in [5, 5.41) is 31.8. The fourth-order valence-corrected chi connectivity index (χ4v) is 3.22. The van der Waals surface area contributed by atoms with Crippen LogP contribution in [0.5, 0.6) is 0 Å². The molecule has 1 unspecified atom stereocenters. The van der Waals surface area contributed by atoms with Gasteiger partial charge in [0, 0.05) is 5.92 Å². The molecule has 0 radical (unpaired) electrons. The number of ketones is 1. The molecule has 7 nitrogen and oxygen atoms in total. The number of allylic oxidation sites excluding steroid dienone is 3. The maximum absolute atomic E-state index is 12.7. The Kier molecular flexibility index (Phi) is 3.79. The smallest absolute Gasteiger partial charge is 0.262 e. The quantitative estimate of drug-likeness (QED) is 0.572. The highest BCUT2D eigenvalue weighted by Gasteiger charge is 2.72. The third kappa shape index (κ3) is 1.82. The molecule has 1 amide bonds. The van der Waals surface area contributed by atoms with Crippen molar-refractivity contribution >= 4 is 11.7 Å². The predicted octanol–water partition coefficient (Wildman–Crippen LogP) is -0.862. The first-order valence-electron chi connectivity index (χ1n) is 6.58. The van der Waals surface area contributed by atoms with Crippen LogP contribution < -0.4 is 0 Å². The van der Waals surface area contributed by atoms with E-state index in [1.807, 2.05) is 0 Å². The predicted molar refractivity (Wildman–Crippen MR) is 71.4 cm³/mol. The van der Waals surface area contributed by atoms with Crippen LogP contribution in [0.25, 0.3) is 0 Å². The van der Waals surface area contributed by atoms with Gasteiger partial charge in [-0.25, -0.2) is 0 Å². The van der Waals surface area contributed by atoms with E-state index in [1.165, 1.54) is 19.1 Å². The van der Waals surface area contributed by atoms with Crippen LogP contribution in [-0.2, 0) is 14.4 Å². The highest BCUT2D eigenvalue weighted by molar-refractivity contribution is 6.02. The molecule has 1 heterocycles. The molecule has 2 aliphatic rings. The van der Waals surface area contributed by atoms with Gasteiger partial charge in [-0.3, -0.25) is 14.4 Å². The number of aliphatic hydroxyl groups excluding tert-OH is 2. The molecule has 0 bridgehead atoms. The lowest BCUT2D eigenvalue weighted by atomic mass is 9.63. The number of hydroxylamine groups is 2. The van der Waals surface area contributed by atoms with E-state index in [9.17, 15) is 24.9 Å². The summed E-state index contributed by atoms with van der Waals surface area (Å²) in [7, 11) is 1.16. The number of nitrogens with zero attached hydrogens (tertiary/aromatic N) is 1. The molecule has 116 valence electrons. The topological polar surface area (TPSA) is 107 Å². The summed E-state index contributed by atoms with van der Waals surface area (Å²) in [4.78, 5) is 29.4. The zero-order valence-electron chi connectivity index (χ0n) is 12.1. The third-order valence-electron chi connectivity index (χ3n) is 4.26. The third-order valence-corrected chi connectivity index (χ3v) is 4.26. The van der Waals surface area contributed by atoms with Gasteiger partial charge in [0.05, 0.1) is 7.11 Å². The Balaban J connectivity index is 2.68. The van der Waals surface area contributed by atoms with Gasteiger partial charge in [-0.05, 0) is 19.9 Å². The van der Waals surface area contributed by atoms with Crippen molar-refractivity contribution in [3.8, 4) is 0 Å². The maximum atomic E-state index is 12.7. The minimum Gasteiger partial charge on any atom is -0.387 e. The van der Waals surface area contributed by atoms with Crippen LogP contribution in [0.2, 0.25) is 0 Å². The molecular formula is C14H19NO6. The van der Waals surface area contributed by atoms with E-state index in [2.05, 4.69) is 0 Å². The number of aliphatic hydroxyl groups is 3. The Morgan fingerprint density at radius 1 is 1.38 bits per heavy atom. The van der Waals surface area contributed by atoms with Gasteiger partial charge in [-0.15, -0.1) is 0 Å². The Morgan fingerprint density at radius 3 is 2.48 bits per heavy atom. The van der Waals surface area contributed by atoms with E-state index in [4.69, 9.17) is 4.84 Å². The van der Waals surface area contributed by atoms with Crippen LogP contribution >= 0.6 is 0 Å². The van der Waals surface area contributed by atoms with E-state index in [0.29, 0.717) is 5.06 Å². The number of carbonyl (C=O) groups is 2. The molecule has 1 aliphatic carbocycles. The van der Waals surface area contributed by atoms with Crippen LogP contribution in [0.1, 0.15) is 13.8 Å². The molecule has 0 aromatic carbocycles. The van der Waals surface area contributed by atoms with E-state index >= 15 is 0 Å². The van der Waals surface area contributed by atoms with Gasteiger partial charge in [-0.1, -0.05) is 18.2 Å². The second kappa shape index (κ2) is 5.03. The Labute approximate surface area is 122 Å². The lowest BCUT2D eigenvalue weighted by Gasteiger charge is -2.40. The minimum absolute atomic E-state index is 0.601. The molecule has 2 rings (SSSR count). The second-order valence-electron chi connectivity index (χ2n) is 5.43. The van der Waals surface area contributed by atoms with Crippen molar-refractivity contribution in [2.75, 3.05) is 7.11 Å². The van der Waals surface area contributed by atoms with Gasteiger partial charge in [0.2, 0.25) is 0 Å². The normalized spacial score (nSPS) is 43.5. The standard InChI is InChI=1S/C14H19NO6/c1-4-5-8-6-7-9(16)10(17)14(8)11(18)13(2,20)15(21-3)12(14)19/h4-8,10-11,17-18,20H,1-3H3/b5-4+/t8-,10+,11+,13?,14-/m1/s1. The number of hydrogen-bond donors (Lipinski definition) is 3. The van der Waals surface area contributed by atoms with Crippen LogP contribution in [0.3, 0.4) is 0 Å². The molecule has 21 heavy (non-hydrogen) atoms. The fourth-order valence-electron chi connectivity index (χ4n) is 3.22. The van der Waals surface area contributed by atoms with E-state index in [-0.39, 0.29) is 0 Å². The lowest BCUT2D eigenvalue weighted by Crippen LogP contribution is -2.58. The van der Waals surface area contributed by atoms with Gasteiger partial charge < -0.3 is 15.3 Å². The minimum atomic E-state index is -2.06. The highest BCUT2D eigenvalue weighted by Crippen LogP contribution is 2.51. The molecular weight excluding hydrogens is 278 g/mol. The summed E-state index contributed by atoms with van der Waals surface area (Å²) < 4.78 is 0. The highest BCUT2D eigenvalue weighted by atomic mass is 16.7. The van der Waals surface area contributed by atoms with Crippen LogP contribution in [0, 0.1) is 11.3 Å². The van der Waals surface area contributed by atoms with E-state index < -0.39 is 41.0 Å². The molecule has 1 fully saturated rings. The monoisotopic (exact) mass is 297 g/mol. The first kappa shape index (κ1) is 15.8. The van der Waals surface area contributed by atoms with Crippen molar-refractivity contribution < 1.29 is 29.7 Å². The second-order valence-corrected chi connectivity index (χ2v) is 5.43. The Hall–Kier alpha value is -1.54. The summed E-state index contributed by atoms with van der Waals surface area (Å²) in [6.45, 7) is 2.90. The maximum Gasteiger partial charge on any atom is 0.262 e. The Morgan fingerprint density at radius 2 is 2.00 bits per heavy atom. The summed E-state index contributed by atoms with van der Waals surface area (Å²) in [6.07, 6.45) is 2.36. The average Bonchev–Trinajstić information content (AvgIpc) is 2.57. The molecule has 1 saturated heterocycles.